The summed E-state index contributed by atoms with van der Waals surface area (Å²) in [5.41, 5.74) is 1.40. The van der Waals surface area contributed by atoms with Crippen LogP contribution in [0.5, 0.6) is 17.2 Å². The third-order valence-electron chi connectivity index (χ3n) is 3.88. The van der Waals surface area contributed by atoms with Crippen LogP contribution in [0.4, 0.5) is 10.5 Å². The van der Waals surface area contributed by atoms with Crippen LogP contribution in [0.15, 0.2) is 42.5 Å². The van der Waals surface area contributed by atoms with Crippen molar-refractivity contribution in [2.45, 2.75) is 6.10 Å². The second-order valence-electron chi connectivity index (χ2n) is 5.37. The van der Waals surface area contributed by atoms with Crippen molar-refractivity contribution in [2.24, 2.45) is 0 Å². The zero-order valence-electron chi connectivity index (χ0n) is 15.4. The first-order chi connectivity index (χ1) is 12.6. The number of carbonyl (C=O) groups excluding carboxylic acids is 1. The van der Waals surface area contributed by atoms with Crippen molar-refractivity contribution < 1.29 is 23.7 Å². The zero-order chi connectivity index (χ0) is 18.9. The summed E-state index contributed by atoms with van der Waals surface area (Å²) in [4.78, 5) is 12.2. The molecular weight excluding hydrogens is 336 g/mol. The Kier molecular flexibility index (Phi) is 7.11. The van der Waals surface area contributed by atoms with Gasteiger partial charge >= 0.3 is 6.03 Å². The molecule has 2 aromatic carbocycles. The lowest BCUT2D eigenvalue weighted by molar-refractivity contribution is 0.102. The topological polar surface area (TPSA) is 78.1 Å². The van der Waals surface area contributed by atoms with Crippen LogP contribution in [-0.2, 0) is 4.74 Å². The Morgan fingerprint density at radius 2 is 1.69 bits per heavy atom. The lowest BCUT2D eigenvalue weighted by Crippen LogP contribution is -2.33. The molecule has 2 N–H and O–H groups in total. The van der Waals surface area contributed by atoms with Gasteiger partial charge in [0.2, 0.25) is 0 Å². The fraction of sp³-hybridized carbons (Fsp3) is 0.316. The van der Waals surface area contributed by atoms with Gasteiger partial charge in [-0.2, -0.15) is 0 Å². The van der Waals surface area contributed by atoms with Crippen molar-refractivity contribution in [3.05, 3.63) is 48.0 Å². The van der Waals surface area contributed by atoms with Crippen LogP contribution in [-0.4, -0.2) is 41.0 Å². The molecule has 0 saturated carbocycles. The van der Waals surface area contributed by atoms with Gasteiger partial charge in [0.05, 0.1) is 27.0 Å². The van der Waals surface area contributed by atoms with E-state index in [1.807, 2.05) is 24.3 Å². The maximum atomic E-state index is 12.2. The molecule has 7 heteroatoms. The Bertz CT molecular complexity index is 736. The van der Waals surface area contributed by atoms with Gasteiger partial charge in [0, 0.05) is 25.3 Å². The van der Waals surface area contributed by atoms with E-state index in [0.29, 0.717) is 22.9 Å². The van der Waals surface area contributed by atoms with Crippen LogP contribution in [0, 0.1) is 0 Å². The normalized spacial score (nSPS) is 11.4. The summed E-state index contributed by atoms with van der Waals surface area (Å²) in [6.45, 7) is 0.279. The molecule has 140 valence electrons. The highest BCUT2D eigenvalue weighted by atomic mass is 16.5. The number of benzene rings is 2. The molecule has 1 unspecified atom stereocenters. The van der Waals surface area contributed by atoms with Crippen molar-refractivity contribution >= 4 is 11.7 Å². The second-order valence-corrected chi connectivity index (χ2v) is 5.37. The van der Waals surface area contributed by atoms with Crippen molar-refractivity contribution in [1.29, 1.82) is 0 Å². The predicted molar refractivity (Wildman–Crippen MR) is 99.3 cm³/mol. The first-order valence-electron chi connectivity index (χ1n) is 8.05. The Labute approximate surface area is 153 Å². The summed E-state index contributed by atoms with van der Waals surface area (Å²) in [7, 11) is 6.28. The molecule has 0 aliphatic carbocycles. The number of carbonyl (C=O) groups is 1. The second kappa shape index (κ2) is 9.53. The molecule has 0 bridgehead atoms. The minimum atomic E-state index is -0.370. The molecule has 1 atom stereocenters. The molecule has 2 aromatic rings. The molecule has 2 rings (SSSR count). The molecular formula is C19H24N2O5. The van der Waals surface area contributed by atoms with Gasteiger partial charge in [-0.25, -0.2) is 4.79 Å². The van der Waals surface area contributed by atoms with Crippen LogP contribution < -0.4 is 24.8 Å². The van der Waals surface area contributed by atoms with Crippen LogP contribution >= 0.6 is 0 Å². The lowest BCUT2D eigenvalue weighted by Gasteiger charge is -2.19. The summed E-state index contributed by atoms with van der Waals surface area (Å²) >= 11 is 0. The molecule has 0 radical (unpaired) electrons. The van der Waals surface area contributed by atoms with Gasteiger partial charge < -0.3 is 29.6 Å². The molecule has 0 spiro atoms. The fourth-order valence-corrected chi connectivity index (χ4v) is 2.51. The van der Waals surface area contributed by atoms with Gasteiger partial charge in [-0.3, -0.25) is 0 Å². The highest BCUT2D eigenvalue weighted by Gasteiger charge is 2.17. The molecule has 7 nitrogen and oxygen atoms in total. The number of urea groups is 1. The molecule has 0 aromatic heterocycles. The van der Waals surface area contributed by atoms with Gasteiger partial charge in [-0.1, -0.05) is 18.2 Å². The molecule has 0 fully saturated rings. The Morgan fingerprint density at radius 3 is 2.35 bits per heavy atom. The van der Waals surface area contributed by atoms with E-state index in [9.17, 15) is 4.79 Å². The molecule has 0 aliphatic rings. The van der Waals surface area contributed by atoms with Gasteiger partial charge in [0.1, 0.15) is 23.4 Å². The van der Waals surface area contributed by atoms with Crippen LogP contribution in [0.25, 0.3) is 0 Å². The van der Waals surface area contributed by atoms with Gasteiger partial charge in [0.15, 0.2) is 0 Å². The fourth-order valence-electron chi connectivity index (χ4n) is 2.51. The Balaban J connectivity index is 2.01. The first-order valence-corrected chi connectivity index (χ1v) is 8.05. The Hall–Kier alpha value is -2.93. The monoisotopic (exact) mass is 360 g/mol. The number of hydrogen-bond acceptors (Lipinski definition) is 5. The number of anilines is 1. The van der Waals surface area contributed by atoms with Crippen molar-refractivity contribution in [1.82, 2.24) is 5.32 Å². The standard InChI is InChI=1S/C19H24N2O5/c1-23-13-9-10-15(17(11-13)25-3)21-19(22)20-12-18(26-4)14-7-5-6-8-16(14)24-2/h5-11,18H,12H2,1-4H3,(H2,20,21,22). The lowest BCUT2D eigenvalue weighted by atomic mass is 10.1. The maximum Gasteiger partial charge on any atom is 0.319 e. The van der Waals surface area contributed by atoms with Crippen LogP contribution in [0.2, 0.25) is 0 Å². The minimum Gasteiger partial charge on any atom is -0.497 e. The number of ether oxygens (including phenoxy) is 4. The first kappa shape index (κ1) is 19.4. The summed E-state index contributed by atoms with van der Waals surface area (Å²) < 4.78 is 21.3. The summed E-state index contributed by atoms with van der Waals surface area (Å²) in [5.74, 6) is 1.86. The van der Waals surface area contributed by atoms with E-state index in [4.69, 9.17) is 18.9 Å². The van der Waals surface area contributed by atoms with E-state index in [1.165, 1.54) is 7.11 Å². The van der Waals surface area contributed by atoms with E-state index in [1.54, 1.807) is 39.5 Å². The highest BCUT2D eigenvalue weighted by molar-refractivity contribution is 5.91. The number of rotatable bonds is 8. The number of amides is 2. The van der Waals surface area contributed by atoms with E-state index in [0.717, 1.165) is 5.56 Å². The number of nitrogens with one attached hydrogen (secondary N) is 2. The smallest absolute Gasteiger partial charge is 0.319 e. The van der Waals surface area contributed by atoms with Gasteiger partial charge in [-0.05, 0) is 18.2 Å². The number of methoxy groups -OCH3 is 4. The summed E-state index contributed by atoms with van der Waals surface area (Å²) in [5, 5.41) is 5.55. The average Bonchev–Trinajstić information content (AvgIpc) is 2.69. The highest BCUT2D eigenvalue weighted by Crippen LogP contribution is 2.29. The quantitative estimate of drug-likeness (QED) is 0.756. The van der Waals surface area contributed by atoms with Crippen LogP contribution in [0.3, 0.4) is 0 Å². The largest absolute Gasteiger partial charge is 0.497 e. The molecule has 0 aliphatic heterocycles. The maximum absolute atomic E-state index is 12.2. The van der Waals surface area contributed by atoms with E-state index in [-0.39, 0.29) is 18.7 Å². The van der Waals surface area contributed by atoms with E-state index in [2.05, 4.69) is 10.6 Å². The van der Waals surface area contributed by atoms with E-state index < -0.39 is 0 Å². The van der Waals surface area contributed by atoms with E-state index >= 15 is 0 Å². The predicted octanol–water partition coefficient (Wildman–Crippen LogP) is 3.22. The SMILES string of the molecule is COc1ccc(NC(=O)NCC(OC)c2ccccc2OC)c(OC)c1. The van der Waals surface area contributed by atoms with Gasteiger partial charge in [0.25, 0.3) is 0 Å². The minimum absolute atomic E-state index is 0.279. The molecule has 26 heavy (non-hydrogen) atoms. The summed E-state index contributed by atoms with van der Waals surface area (Å²) in [6, 6.07) is 12.3. The molecule has 0 heterocycles. The molecule has 2 amide bonds. The van der Waals surface area contributed by atoms with Crippen molar-refractivity contribution in [3.63, 3.8) is 0 Å². The van der Waals surface area contributed by atoms with Gasteiger partial charge in [-0.15, -0.1) is 0 Å². The average molecular weight is 360 g/mol. The van der Waals surface area contributed by atoms with Crippen LogP contribution in [0.1, 0.15) is 11.7 Å². The third-order valence-corrected chi connectivity index (χ3v) is 3.88. The number of hydrogen-bond donors (Lipinski definition) is 2. The Morgan fingerprint density at radius 1 is 0.962 bits per heavy atom. The molecule has 0 saturated heterocycles. The summed E-state index contributed by atoms with van der Waals surface area (Å²) in [6.07, 6.45) is -0.338. The third kappa shape index (κ3) is 4.80. The number of para-hydroxylation sites is 1. The zero-order valence-corrected chi connectivity index (χ0v) is 15.4. The van der Waals surface area contributed by atoms with Crippen molar-refractivity contribution in [3.8, 4) is 17.2 Å². The van der Waals surface area contributed by atoms with Crippen molar-refractivity contribution in [2.75, 3.05) is 40.3 Å².